The van der Waals surface area contributed by atoms with Gasteiger partial charge in [0.05, 0.1) is 0 Å². The van der Waals surface area contributed by atoms with Crippen molar-refractivity contribution in [3.8, 4) is 0 Å². The SMILES string of the molecule is Cl.N[C@@H](c1cc(F)c(F)c(F)c1)C1CCOCC1. The number of benzene rings is 1. The lowest BCUT2D eigenvalue weighted by Gasteiger charge is -2.27. The molecule has 1 saturated heterocycles. The molecule has 1 heterocycles. The van der Waals surface area contributed by atoms with E-state index in [2.05, 4.69) is 0 Å². The van der Waals surface area contributed by atoms with Gasteiger partial charge >= 0.3 is 0 Å². The van der Waals surface area contributed by atoms with Crippen LogP contribution in [0.1, 0.15) is 24.4 Å². The van der Waals surface area contributed by atoms with Gasteiger partial charge in [0.25, 0.3) is 0 Å². The highest BCUT2D eigenvalue weighted by molar-refractivity contribution is 5.85. The topological polar surface area (TPSA) is 35.2 Å². The Morgan fingerprint density at radius 2 is 1.61 bits per heavy atom. The summed E-state index contributed by atoms with van der Waals surface area (Å²) in [6, 6.07) is 1.46. The van der Waals surface area contributed by atoms with E-state index in [9.17, 15) is 13.2 Å². The number of hydrogen-bond acceptors (Lipinski definition) is 2. The lowest BCUT2D eigenvalue weighted by atomic mass is 9.88. The van der Waals surface area contributed by atoms with Crippen LogP contribution in [-0.4, -0.2) is 13.2 Å². The molecule has 18 heavy (non-hydrogen) atoms. The molecular weight excluding hydrogens is 267 g/mol. The molecule has 0 amide bonds. The molecule has 0 aromatic heterocycles. The molecule has 2 nitrogen and oxygen atoms in total. The van der Waals surface area contributed by atoms with Crippen LogP contribution >= 0.6 is 12.4 Å². The van der Waals surface area contributed by atoms with Crippen LogP contribution in [0.25, 0.3) is 0 Å². The molecule has 0 radical (unpaired) electrons. The number of hydrogen-bond donors (Lipinski definition) is 1. The Bertz CT molecular complexity index is 387. The van der Waals surface area contributed by atoms with Gasteiger partial charge < -0.3 is 10.5 Å². The molecule has 0 saturated carbocycles. The van der Waals surface area contributed by atoms with Crippen LogP contribution in [0.2, 0.25) is 0 Å². The van der Waals surface area contributed by atoms with Crippen molar-refractivity contribution >= 4 is 12.4 Å². The van der Waals surface area contributed by atoms with Crippen LogP contribution in [0, 0.1) is 23.4 Å². The molecule has 102 valence electrons. The maximum absolute atomic E-state index is 13.1. The highest BCUT2D eigenvalue weighted by Crippen LogP contribution is 2.29. The molecule has 1 fully saturated rings. The number of nitrogens with two attached hydrogens (primary N) is 1. The molecule has 1 aromatic carbocycles. The molecule has 6 heteroatoms. The van der Waals surface area contributed by atoms with Crippen LogP contribution in [-0.2, 0) is 4.74 Å². The van der Waals surface area contributed by atoms with E-state index in [1.165, 1.54) is 0 Å². The first kappa shape index (κ1) is 15.3. The summed E-state index contributed by atoms with van der Waals surface area (Å²) in [6.07, 6.45) is 1.50. The van der Waals surface area contributed by atoms with Crippen LogP contribution in [0.5, 0.6) is 0 Å². The monoisotopic (exact) mass is 281 g/mol. The molecular formula is C12H15ClF3NO. The second-order valence-electron chi connectivity index (χ2n) is 4.27. The molecule has 1 aliphatic rings. The van der Waals surface area contributed by atoms with Gasteiger partial charge in [0.15, 0.2) is 17.5 Å². The Labute approximate surface area is 110 Å². The van der Waals surface area contributed by atoms with Crippen molar-refractivity contribution in [3.63, 3.8) is 0 Å². The Balaban J connectivity index is 0.00000162. The Morgan fingerprint density at radius 3 is 2.11 bits per heavy atom. The van der Waals surface area contributed by atoms with Crippen molar-refractivity contribution in [1.29, 1.82) is 0 Å². The fourth-order valence-corrected chi connectivity index (χ4v) is 2.11. The Kier molecular flexibility index (Phi) is 5.44. The Hall–Kier alpha value is -0.780. The maximum atomic E-state index is 13.1. The third-order valence-electron chi connectivity index (χ3n) is 3.16. The van der Waals surface area contributed by atoms with Crippen molar-refractivity contribution in [2.45, 2.75) is 18.9 Å². The highest BCUT2D eigenvalue weighted by Gasteiger charge is 2.24. The van der Waals surface area contributed by atoms with E-state index in [1.807, 2.05) is 0 Å². The predicted octanol–water partition coefficient (Wildman–Crippen LogP) is 2.95. The maximum Gasteiger partial charge on any atom is 0.194 e. The molecule has 0 bridgehead atoms. The van der Waals surface area contributed by atoms with Crippen LogP contribution in [0.3, 0.4) is 0 Å². The van der Waals surface area contributed by atoms with Gasteiger partial charge in [0.1, 0.15) is 0 Å². The smallest absolute Gasteiger partial charge is 0.194 e. The standard InChI is InChI=1S/C12H14F3NO.ClH/c13-9-5-8(6-10(14)11(9)15)12(16)7-1-3-17-4-2-7;/h5-7,12H,1-4,16H2;1H/t12-;/m1./s1. The molecule has 0 unspecified atom stereocenters. The minimum atomic E-state index is -1.45. The second kappa shape index (κ2) is 6.41. The third kappa shape index (κ3) is 3.16. The van der Waals surface area contributed by atoms with E-state index >= 15 is 0 Å². The van der Waals surface area contributed by atoms with Crippen molar-refractivity contribution in [2.75, 3.05) is 13.2 Å². The van der Waals surface area contributed by atoms with Gasteiger partial charge in [-0.15, -0.1) is 12.4 Å². The highest BCUT2D eigenvalue weighted by atomic mass is 35.5. The minimum absolute atomic E-state index is 0. The quantitative estimate of drug-likeness (QED) is 0.846. The minimum Gasteiger partial charge on any atom is -0.381 e. The summed E-state index contributed by atoms with van der Waals surface area (Å²) in [5.74, 6) is -3.72. The van der Waals surface area contributed by atoms with Gasteiger partial charge in [0.2, 0.25) is 0 Å². The second-order valence-corrected chi connectivity index (χ2v) is 4.27. The lowest BCUT2D eigenvalue weighted by Crippen LogP contribution is -2.27. The van der Waals surface area contributed by atoms with E-state index in [-0.39, 0.29) is 18.3 Å². The molecule has 0 spiro atoms. The normalized spacial score (nSPS) is 18.2. The third-order valence-corrected chi connectivity index (χ3v) is 3.16. The zero-order valence-electron chi connectivity index (χ0n) is 9.67. The van der Waals surface area contributed by atoms with Gasteiger partial charge in [-0.25, -0.2) is 13.2 Å². The fraction of sp³-hybridized carbons (Fsp3) is 0.500. The number of ether oxygens (including phenoxy) is 1. The molecule has 0 aliphatic carbocycles. The first-order valence-corrected chi connectivity index (χ1v) is 5.57. The molecule has 1 atom stereocenters. The predicted molar refractivity (Wildman–Crippen MR) is 64.0 cm³/mol. The lowest BCUT2D eigenvalue weighted by molar-refractivity contribution is 0.0583. The van der Waals surface area contributed by atoms with Crippen molar-refractivity contribution in [3.05, 3.63) is 35.1 Å². The van der Waals surface area contributed by atoms with Crippen LogP contribution in [0.15, 0.2) is 12.1 Å². The first-order chi connectivity index (χ1) is 8.09. The molecule has 1 aromatic rings. The summed E-state index contributed by atoms with van der Waals surface area (Å²) in [5.41, 5.74) is 6.25. The zero-order chi connectivity index (χ0) is 12.4. The van der Waals surface area contributed by atoms with E-state index in [1.54, 1.807) is 0 Å². The summed E-state index contributed by atoms with van der Waals surface area (Å²) in [4.78, 5) is 0. The summed E-state index contributed by atoms with van der Waals surface area (Å²) in [6.45, 7) is 1.20. The van der Waals surface area contributed by atoms with Gasteiger partial charge in [-0.1, -0.05) is 0 Å². The summed E-state index contributed by atoms with van der Waals surface area (Å²) < 4.78 is 44.1. The zero-order valence-corrected chi connectivity index (χ0v) is 10.5. The Morgan fingerprint density at radius 1 is 1.11 bits per heavy atom. The molecule has 1 aliphatic heterocycles. The van der Waals surface area contributed by atoms with Crippen LogP contribution < -0.4 is 5.73 Å². The fourth-order valence-electron chi connectivity index (χ4n) is 2.11. The van der Waals surface area contributed by atoms with Crippen molar-refractivity contribution in [1.82, 2.24) is 0 Å². The largest absolute Gasteiger partial charge is 0.381 e. The average molecular weight is 282 g/mol. The summed E-state index contributed by atoms with van der Waals surface area (Å²) in [7, 11) is 0. The van der Waals surface area contributed by atoms with Crippen LogP contribution in [0.4, 0.5) is 13.2 Å². The number of rotatable bonds is 2. The van der Waals surface area contributed by atoms with E-state index in [0.29, 0.717) is 18.8 Å². The van der Waals surface area contributed by atoms with Gasteiger partial charge in [-0.2, -0.15) is 0 Å². The average Bonchev–Trinajstić information content (AvgIpc) is 2.35. The van der Waals surface area contributed by atoms with Crippen molar-refractivity contribution < 1.29 is 17.9 Å². The van der Waals surface area contributed by atoms with Gasteiger partial charge in [-0.05, 0) is 36.5 Å². The van der Waals surface area contributed by atoms with Gasteiger partial charge in [-0.3, -0.25) is 0 Å². The molecule has 2 rings (SSSR count). The van der Waals surface area contributed by atoms with E-state index in [4.69, 9.17) is 10.5 Å². The summed E-state index contributed by atoms with van der Waals surface area (Å²) >= 11 is 0. The number of halogens is 4. The van der Waals surface area contributed by atoms with E-state index in [0.717, 1.165) is 25.0 Å². The van der Waals surface area contributed by atoms with E-state index < -0.39 is 23.5 Å². The first-order valence-electron chi connectivity index (χ1n) is 5.57. The summed E-state index contributed by atoms with van der Waals surface area (Å²) in [5, 5.41) is 0. The molecule has 2 N–H and O–H groups in total. The van der Waals surface area contributed by atoms with Crippen molar-refractivity contribution in [2.24, 2.45) is 11.7 Å². The van der Waals surface area contributed by atoms with Gasteiger partial charge in [0, 0.05) is 19.3 Å².